The Bertz CT molecular complexity index is 449. The summed E-state index contributed by atoms with van der Waals surface area (Å²) in [6.07, 6.45) is -0.705. The molecular formula is C8H10FN3O4. The maximum absolute atomic E-state index is 13.1. The molecule has 0 aliphatic carbocycles. The highest BCUT2D eigenvalue weighted by Crippen LogP contribution is 2.19. The normalized spacial score (nSPS) is 24.9. The molecule has 1 aliphatic heterocycles. The van der Waals surface area contributed by atoms with E-state index in [0.717, 1.165) is 10.8 Å². The van der Waals surface area contributed by atoms with E-state index < -0.39 is 29.8 Å². The van der Waals surface area contributed by atoms with Crippen LogP contribution >= 0.6 is 0 Å². The van der Waals surface area contributed by atoms with E-state index in [9.17, 15) is 9.18 Å². The SMILES string of the molecule is Nc1nc(=O)n([C@H]2CO[C@H](CO)O2)cc1F. The molecule has 1 saturated heterocycles. The van der Waals surface area contributed by atoms with Gasteiger partial charge in [-0.25, -0.2) is 9.18 Å². The third kappa shape index (κ3) is 1.90. The Morgan fingerprint density at radius 1 is 1.75 bits per heavy atom. The number of anilines is 1. The lowest BCUT2D eigenvalue weighted by molar-refractivity contribution is -0.0993. The van der Waals surface area contributed by atoms with Crippen molar-refractivity contribution in [1.29, 1.82) is 0 Å². The predicted octanol–water partition coefficient (Wildman–Crippen LogP) is -1.17. The van der Waals surface area contributed by atoms with E-state index in [1.807, 2.05) is 0 Å². The van der Waals surface area contributed by atoms with Gasteiger partial charge in [-0.3, -0.25) is 4.57 Å². The molecule has 3 N–H and O–H groups in total. The molecule has 1 fully saturated rings. The first-order chi connectivity index (χ1) is 7.61. The van der Waals surface area contributed by atoms with Crippen LogP contribution in [0.1, 0.15) is 6.23 Å². The summed E-state index contributed by atoms with van der Waals surface area (Å²) in [5.41, 5.74) is 4.40. The minimum Gasteiger partial charge on any atom is -0.391 e. The number of hydrogen-bond acceptors (Lipinski definition) is 6. The van der Waals surface area contributed by atoms with Crippen LogP contribution in [-0.4, -0.2) is 34.2 Å². The van der Waals surface area contributed by atoms with Gasteiger partial charge in [-0.15, -0.1) is 0 Å². The number of aliphatic hydroxyl groups excluding tert-OH is 1. The number of halogens is 1. The summed E-state index contributed by atoms with van der Waals surface area (Å²) in [5, 5.41) is 8.75. The summed E-state index contributed by atoms with van der Waals surface area (Å²) in [7, 11) is 0. The van der Waals surface area contributed by atoms with Gasteiger partial charge in [0.1, 0.15) is 0 Å². The van der Waals surface area contributed by atoms with Crippen LogP contribution in [0.15, 0.2) is 11.0 Å². The minimum absolute atomic E-state index is 0.0379. The topological polar surface area (TPSA) is 99.6 Å². The molecule has 0 amide bonds. The first-order valence-corrected chi connectivity index (χ1v) is 4.54. The molecule has 1 aromatic rings. The molecular weight excluding hydrogens is 221 g/mol. The van der Waals surface area contributed by atoms with Crippen molar-refractivity contribution in [2.24, 2.45) is 0 Å². The van der Waals surface area contributed by atoms with Crippen LogP contribution in [-0.2, 0) is 9.47 Å². The molecule has 0 radical (unpaired) electrons. The van der Waals surface area contributed by atoms with Crippen molar-refractivity contribution in [2.45, 2.75) is 12.5 Å². The summed E-state index contributed by atoms with van der Waals surface area (Å²) in [6, 6.07) is 0. The van der Waals surface area contributed by atoms with Gasteiger partial charge >= 0.3 is 5.69 Å². The van der Waals surface area contributed by atoms with E-state index in [2.05, 4.69) is 4.98 Å². The first kappa shape index (κ1) is 11.0. The van der Waals surface area contributed by atoms with E-state index in [1.54, 1.807) is 0 Å². The Morgan fingerprint density at radius 2 is 2.50 bits per heavy atom. The zero-order chi connectivity index (χ0) is 11.7. The van der Waals surface area contributed by atoms with E-state index in [-0.39, 0.29) is 13.2 Å². The molecule has 88 valence electrons. The molecule has 8 heteroatoms. The summed E-state index contributed by atoms with van der Waals surface area (Å²) in [6.45, 7) is -0.299. The molecule has 0 spiro atoms. The third-order valence-corrected chi connectivity index (χ3v) is 2.13. The number of nitrogens with zero attached hydrogens (tertiary/aromatic N) is 2. The van der Waals surface area contributed by atoms with Gasteiger partial charge < -0.3 is 20.3 Å². The summed E-state index contributed by atoms with van der Waals surface area (Å²) in [4.78, 5) is 14.7. The Balaban J connectivity index is 2.28. The van der Waals surface area contributed by atoms with E-state index >= 15 is 0 Å². The van der Waals surface area contributed by atoms with Crippen LogP contribution in [0.25, 0.3) is 0 Å². The number of aliphatic hydroxyl groups is 1. The smallest absolute Gasteiger partial charge is 0.351 e. The summed E-state index contributed by atoms with van der Waals surface area (Å²) >= 11 is 0. The Morgan fingerprint density at radius 3 is 3.12 bits per heavy atom. The highest BCUT2D eigenvalue weighted by atomic mass is 19.1. The summed E-state index contributed by atoms with van der Waals surface area (Å²) in [5.74, 6) is -1.27. The van der Waals surface area contributed by atoms with Crippen LogP contribution < -0.4 is 11.4 Å². The minimum atomic E-state index is -0.810. The van der Waals surface area contributed by atoms with Gasteiger partial charge in [0.2, 0.25) is 0 Å². The van der Waals surface area contributed by atoms with Gasteiger partial charge in [-0.05, 0) is 0 Å². The fraction of sp³-hybridized carbons (Fsp3) is 0.500. The van der Waals surface area contributed by atoms with Crippen LogP contribution in [0, 0.1) is 5.82 Å². The van der Waals surface area contributed by atoms with Crippen molar-refractivity contribution in [2.75, 3.05) is 18.9 Å². The number of ether oxygens (including phenoxy) is 2. The van der Waals surface area contributed by atoms with Crippen molar-refractivity contribution in [3.8, 4) is 0 Å². The molecule has 7 nitrogen and oxygen atoms in total. The quantitative estimate of drug-likeness (QED) is 0.665. The van der Waals surface area contributed by atoms with Crippen LogP contribution in [0.3, 0.4) is 0 Å². The van der Waals surface area contributed by atoms with Crippen LogP contribution in [0.4, 0.5) is 10.2 Å². The fourth-order valence-corrected chi connectivity index (χ4v) is 1.35. The van der Waals surface area contributed by atoms with Gasteiger partial charge in [0.05, 0.1) is 19.4 Å². The number of nitrogens with two attached hydrogens (primary N) is 1. The van der Waals surface area contributed by atoms with Gasteiger partial charge in [0.15, 0.2) is 24.2 Å². The van der Waals surface area contributed by atoms with Gasteiger partial charge in [0, 0.05) is 0 Å². The Labute approximate surface area is 89.2 Å². The van der Waals surface area contributed by atoms with Crippen molar-refractivity contribution < 1.29 is 19.0 Å². The average Bonchev–Trinajstić information content (AvgIpc) is 2.71. The molecule has 0 unspecified atom stereocenters. The third-order valence-electron chi connectivity index (χ3n) is 2.13. The number of aromatic nitrogens is 2. The van der Waals surface area contributed by atoms with E-state index in [0.29, 0.717) is 0 Å². The second-order valence-electron chi connectivity index (χ2n) is 3.20. The molecule has 0 saturated carbocycles. The number of rotatable bonds is 2. The standard InChI is InChI=1S/C8H10FN3O4/c9-4-1-12(8(14)11-7(4)10)5-3-15-6(2-13)16-5/h1,5-6,13H,2-3H2,(H2,10,11,14)/t5-,6+/m1/s1. The fourth-order valence-electron chi connectivity index (χ4n) is 1.35. The van der Waals surface area contributed by atoms with Crippen molar-refractivity contribution >= 4 is 5.82 Å². The molecule has 2 atom stereocenters. The first-order valence-electron chi connectivity index (χ1n) is 4.54. The monoisotopic (exact) mass is 231 g/mol. The summed E-state index contributed by atoms with van der Waals surface area (Å²) < 4.78 is 24.1. The Hall–Kier alpha value is -1.51. The average molecular weight is 231 g/mol. The molecule has 1 aliphatic rings. The molecule has 2 rings (SSSR count). The Kier molecular flexibility index (Phi) is 2.86. The van der Waals surface area contributed by atoms with E-state index in [4.69, 9.17) is 20.3 Å². The predicted molar refractivity (Wildman–Crippen MR) is 49.8 cm³/mol. The van der Waals surface area contributed by atoms with Gasteiger partial charge in [0.25, 0.3) is 0 Å². The highest BCUT2D eigenvalue weighted by Gasteiger charge is 2.28. The lowest BCUT2D eigenvalue weighted by atomic mass is 10.5. The second-order valence-corrected chi connectivity index (χ2v) is 3.20. The lowest BCUT2D eigenvalue weighted by Gasteiger charge is -2.12. The maximum atomic E-state index is 13.1. The zero-order valence-electron chi connectivity index (χ0n) is 8.17. The van der Waals surface area contributed by atoms with Crippen molar-refractivity contribution in [1.82, 2.24) is 9.55 Å². The van der Waals surface area contributed by atoms with Gasteiger partial charge in [-0.2, -0.15) is 4.98 Å². The highest BCUT2D eigenvalue weighted by molar-refractivity contribution is 5.26. The molecule has 0 aromatic carbocycles. The molecule has 0 bridgehead atoms. The van der Waals surface area contributed by atoms with Crippen molar-refractivity contribution in [3.05, 3.63) is 22.5 Å². The molecule has 16 heavy (non-hydrogen) atoms. The lowest BCUT2D eigenvalue weighted by Crippen LogP contribution is -2.29. The number of nitrogen functional groups attached to an aromatic ring is 1. The zero-order valence-corrected chi connectivity index (χ0v) is 8.17. The number of hydrogen-bond donors (Lipinski definition) is 2. The largest absolute Gasteiger partial charge is 0.391 e. The maximum Gasteiger partial charge on any atom is 0.351 e. The molecule has 2 heterocycles. The second kappa shape index (κ2) is 4.16. The van der Waals surface area contributed by atoms with E-state index in [1.165, 1.54) is 0 Å². The van der Waals surface area contributed by atoms with Crippen LogP contribution in [0.5, 0.6) is 0 Å². The van der Waals surface area contributed by atoms with Crippen LogP contribution in [0.2, 0.25) is 0 Å². The molecule has 1 aromatic heterocycles. The van der Waals surface area contributed by atoms with Gasteiger partial charge in [-0.1, -0.05) is 0 Å². The van der Waals surface area contributed by atoms with Crippen molar-refractivity contribution in [3.63, 3.8) is 0 Å².